The Morgan fingerprint density at radius 2 is 1.91 bits per heavy atom. The fourth-order valence-electron chi connectivity index (χ4n) is 3.93. The van der Waals surface area contributed by atoms with Gasteiger partial charge in [0.25, 0.3) is 5.91 Å². The Morgan fingerprint density at radius 1 is 1.06 bits per heavy atom. The zero-order chi connectivity index (χ0) is 23.5. The van der Waals surface area contributed by atoms with Crippen molar-refractivity contribution in [1.82, 2.24) is 30.4 Å². The van der Waals surface area contributed by atoms with Crippen LogP contribution in [0.4, 0.5) is 0 Å². The molecule has 0 saturated carbocycles. The smallest absolute Gasteiger partial charge is 0.269 e. The fourth-order valence-corrected chi connectivity index (χ4v) is 4.88. The molecule has 3 N–H and O–H groups in total. The van der Waals surface area contributed by atoms with Crippen LogP contribution >= 0.6 is 11.3 Å². The molecule has 1 amide bonds. The second-order valence-corrected chi connectivity index (χ2v) is 9.28. The molecule has 2 aromatic carbocycles. The summed E-state index contributed by atoms with van der Waals surface area (Å²) in [6.07, 6.45) is 1.62. The first-order valence-corrected chi connectivity index (χ1v) is 12.0. The Morgan fingerprint density at radius 3 is 2.74 bits per heavy atom. The summed E-state index contributed by atoms with van der Waals surface area (Å²) >= 11 is 1.74. The lowest BCUT2D eigenvalue weighted by Gasteiger charge is -2.08. The van der Waals surface area contributed by atoms with Gasteiger partial charge in [0.15, 0.2) is 0 Å². The molecule has 172 valence electrons. The van der Waals surface area contributed by atoms with Crippen molar-refractivity contribution in [3.05, 3.63) is 83.7 Å². The van der Waals surface area contributed by atoms with E-state index in [1.165, 1.54) is 21.6 Å². The SMILES string of the molecule is Cc1cccc2[nH]c(-c3ccc(-c4cccc(CNCCNC(=O)c5ccnn5C)c4)s3)nc12. The highest BCUT2D eigenvalue weighted by atomic mass is 32.1. The molecule has 5 aromatic rings. The first-order chi connectivity index (χ1) is 16.6. The highest BCUT2D eigenvalue weighted by Gasteiger charge is 2.11. The van der Waals surface area contributed by atoms with E-state index >= 15 is 0 Å². The highest BCUT2D eigenvalue weighted by Crippen LogP contribution is 2.34. The predicted octanol–water partition coefficient (Wildman–Crippen LogP) is 4.52. The molecule has 0 unspecified atom stereocenters. The highest BCUT2D eigenvalue weighted by molar-refractivity contribution is 7.18. The molecule has 0 aliphatic heterocycles. The lowest BCUT2D eigenvalue weighted by atomic mass is 10.1. The van der Waals surface area contributed by atoms with Gasteiger partial charge in [-0.2, -0.15) is 5.10 Å². The topological polar surface area (TPSA) is 87.6 Å². The van der Waals surface area contributed by atoms with Gasteiger partial charge in [-0.25, -0.2) is 4.98 Å². The van der Waals surface area contributed by atoms with Crippen LogP contribution in [0.25, 0.3) is 32.2 Å². The molecular weight excluding hydrogens is 444 g/mol. The van der Waals surface area contributed by atoms with Crippen LogP contribution in [0, 0.1) is 6.92 Å². The summed E-state index contributed by atoms with van der Waals surface area (Å²) in [7, 11) is 1.76. The van der Waals surface area contributed by atoms with Crippen LogP contribution in [-0.4, -0.2) is 38.7 Å². The molecule has 0 fully saturated rings. The standard InChI is InChI=1S/C26H26N6OS/c1-17-5-3-8-20-24(17)31-25(30-20)23-10-9-22(34-23)19-7-4-6-18(15-19)16-27-13-14-28-26(33)21-11-12-29-32(21)2/h3-12,15,27H,13-14,16H2,1-2H3,(H,28,33)(H,30,31). The van der Waals surface area contributed by atoms with Crippen molar-refractivity contribution in [3.63, 3.8) is 0 Å². The van der Waals surface area contributed by atoms with E-state index in [-0.39, 0.29) is 5.91 Å². The number of hydrogen-bond donors (Lipinski definition) is 3. The largest absolute Gasteiger partial charge is 0.349 e. The van der Waals surface area contributed by atoms with E-state index in [0.717, 1.165) is 28.3 Å². The number of thiophene rings is 1. The van der Waals surface area contributed by atoms with Gasteiger partial charge in [-0.15, -0.1) is 11.3 Å². The van der Waals surface area contributed by atoms with Crippen LogP contribution in [0.1, 0.15) is 21.6 Å². The van der Waals surface area contributed by atoms with Gasteiger partial charge in [0.1, 0.15) is 11.5 Å². The zero-order valence-corrected chi connectivity index (χ0v) is 19.9. The number of hydrogen-bond acceptors (Lipinski definition) is 5. The lowest BCUT2D eigenvalue weighted by molar-refractivity contribution is 0.0944. The molecule has 5 rings (SSSR count). The van der Waals surface area contributed by atoms with Gasteiger partial charge in [0.05, 0.1) is 15.9 Å². The van der Waals surface area contributed by atoms with Crippen molar-refractivity contribution in [2.75, 3.05) is 13.1 Å². The first-order valence-electron chi connectivity index (χ1n) is 11.2. The average molecular weight is 471 g/mol. The molecule has 0 aliphatic carbocycles. The van der Waals surface area contributed by atoms with Gasteiger partial charge in [0.2, 0.25) is 0 Å². The maximum atomic E-state index is 12.1. The number of aryl methyl sites for hydroxylation is 2. The van der Waals surface area contributed by atoms with Crippen molar-refractivity contribution in [2.24, 2.45) is 7.05 Å². The quantitative estimate of drug-likeness (QED) is 0.291. The predicted molar refractivity (Wildman–Crippen MR) is 137 cm³/mol. The number of rotatable bonds is 8. The van der Waals surface area contributed by atoms with Crippen LogP contribution in [0.2, 0.25) is 0 Å². The summed E-state index contributed by atoms with van der Waals surface area (Å²) in [5, 5.41) is 10.3. The number of amides is 1. The summed E-state index contributed by atoms with van der Waals surface area (Å²) in [5.41, 5.74) is 6.21. The van der Waals surface area contributed by atoms with Crippen molar-refractivity contribution in [1.29, 1.82) is 0 Å². The van der Waals surface area contributed by atoms with Gasteiger partial charge < -0.3 is 15.6 Å². The van der Waals surface area contributed by atoms with Gasteiger partial charge >= 0.3 is 0 Å². The Hall–Kier alpha value is -3.75. The molecule has 3 aromatic heterocycles. The molecule has 0 saturated heterocycles. The number of benzene rings is 2. The fraction of sp³-hybridized carbons (Fsp3) is 0.192. The van der Waals surface area contributed by atoms with Gasteiger partial charge in [-0.3, -0.25) is 9.48 Å². The van der Waals surface area contributed by atoms with Crippen LogP contribution in [0.5, 0.6) is 0 Å². The van der Waals surface area contributed by atoms with E-state index < -0.39 is 0 Å². The molecule has 0 aliphatic rings. The molecule has 0 atom stereocenters. The molecule has 7 nitrogen and oxygen atoms in total. The summed E-state index contributed by atoms with van der Waals surface area (Å²) in [5.74, 6) is 0.795. The van der Waals surface area contributed by atoms with Crippen molar-refractivity contribution in [3.8, 4) is 21.1 Å². The van der Waals surface area contributed by atoms with Crippen molar-refractivity contribution < 1.29 is 4.79 Å². The monoisotopic (exact) mass is 470 g/mol. The Bertz CT molecular complexity index is 1450. The molecule has 3 heterocycles. The second-order valence-electron chi connectivity index (χ2n) is 8.19. The van der Waals surface area contributed by atoms with E-state index in [0.29, 0.717) is 18.8 Å². The minimum Gasteiger partial charge on any atom is -0.349 e. The van der Waals surface area contributed by atoms with Crippen molar-refractivity contribution in [2.45, 2.75) is 13.5 Å². The third kappa shape index (κ3) is 4.64. The maximum absolute atomic E-state index is 12.1. The van der Waals surface area contributed by atoms with E-state index in [1.54, 1.807) is 35.3 Å². The number of para-hydroxylation sites is 1. The number of aromatic nitrogens is 4. The molecule has 0 radical (unpaired) electrons. The number of nitrogens with zero attached hydrogens (tertiary/aromatic N) is 3. The van der Waals surface area contributed by atoms with E-state index in [4.69, 9.17) is 4.98 Å². The van der Waals surface area contributed by atoms with Crippen LogP contribution in [-0.2, 0) is 13.6 Å². The summed E-state index contributed by atoms with van der Waals surface area (Å²) < 4.78 is 1.57. The number of H-pyrrole nitrogens is 1. The average Bonchev–Trinajstić information content (AvgIpc) is 3.58. The van der Waals surface area contributed by atoms with E-state index in [9.17, 15) is 4.79 Å². The number of fused-ring (bicyclic) bond motifs is 1. The Labute approximate surface area is 201 Å². The van der Waals surface area contributed by atoms with Gasteiger partial charge in [-0.05, 0) is 53.9 Å². The molecule has 34 heavy (non-hydrogen) atoms. The molecule has 8 heteroatoms. The van der Waals surface area contributed by atoms with Crippen molar-refractivity contribution >= 4 is 28.3 Å². The second kappa shape index (κ2) is 9.62. The summed E-state index contributed by atoms with van der Waals surface area (Å²) in [6.45, 7) is 4.05. The molecule has 0 spiro atoms. The normalized spacial score (nSPS) is 11.2. The minimum absolute atomic E-state index is 0.114. The zero-order valence-electron chi connectivity index (χ0n) is 19.1. The van der Waals surface area contributed by atoms with Crippen LogP contribution in [0.15, 0.2) is 66.9 Å². The minimum atomic E-state index is -0.114. The number of aromatic amines is 1. The number of nitrogens with one attached hydrogen (secondary N) is 3. The summed E-state index contributed by atoms with van der Waals surface area (Å²) in [6, 6.07) is 20.7. The lowest BCUT2D eigenvalue weighted by Crippen LogP contribution is -2.32. The Balaban J connectivity index is 1.19. The van der Waals surface area contributed by atoms with E-state index in [2.05, 4.69) is 76.2 Å². The maximum Gasteiger partial charge on any atom is 0.269 e. The number of carbonyl (C=O) groups is 1. The van der Waals surface area contributed by atoms with Gasteiger partial charge in [0, 0.05) is 37.8 Å². The number of carbonyl (C=O) groups excluding carboxylic acids is 1. The van der Waals surface area contributed by atoms with Crippen LogP contribution < -0.4 is 10.6 Å². The molecule has 0 bridgehead atoms. The molecular formula is C26H26N6OS. The summed E-state index contributed by atoms with van der Waals surface area (Å²) in [4.78, 5) is 22.7. The third-order valence-electron chi connectivity index (χ3n) is 5.74. The first kappa shape index (κ1) is 22.1. The van der Waals surface area contributed by atoms with Gasteiger partial charge in [-0.1, -0.05) is 30.3 Å². The third-order valence-corrected chi connectivity index (χ3v) is 6.88. The Kier molecular flexibility index (Phi) is 6.24. The van der Waals surface area contributed by atoms with E-state index in [1.807, 2.05) is 6.07 Å². The van der Waals surface area contributed by atoms with Crippen LogP contribution in [0.3, 0.4) is 0 Å². The number of imidazole rings is 1.